The number of rotatable bonds is 5. The summed E-state index contributed by atoms with van der Waals surface area (Å²) >= 11 is 6.95. The van der Waals surface area contributed by atoms with Gasteiger partial charge < -0.3 is 16.8 Å². The molecule has 0 aliphatic carbocycles. The number of amides is 1. The van der Waals surface area contributed by atoms with Crippen LogP contribution in [0.15, 0.2) is 59.8 Å². The van der Waals surface area contributed by atoms with E-state index in [0.717, 1.165) is 30.0 Å². The van der Waals surface area contributed by atoms with Crippen LogP contribution in [0.5, 0.6) is 0 Å². The Bertz CT molecular complexity index is 1050. The number of thioether (sulfide) groups is 1. The van der Waals surface area contributed by atoms with Crippen molar-refractivity contribution in [1.82, 2.24) is 9.97 Å². The lowest BCUT2D eigenvalue weighted by Gasteiger charge is -2.18. The van der Waals surface area contributed by atoms with Gasteiger partial charge >= 0.3 is 6.18 Å². The molecule has 0 aliphatic rings. The van der Waals surface area contributed by atoms with Crippen molar-refractivity contribution in [2.75, 3.05) is 16.8 Å². The smallest absolute Gasteiger partial charge is 0.383 e. The maximum atomic E-state index is 13.0. The third kappa shape index (κ3) is 5.33. The molecule has 0 aliphatic heterocycles. The molecule has 0 bridgehead atoms. The van der Waals surface area contributed by atoms with Gasteiger partial charge in [-0.05, 0) is 23.8 Å². The molecule has 156 valence electrons. The Morgan fingerprint density at radius 3 is 2.27 bits per heavy atom. The first kappa shape index (κ1) is 21.7. The minimum atomic E-state index is -4.58. The van der Waals surface area contributed by atoms with E-state index in [0.29, 0.717) is 5.56 Å². The predicted octanol–water partition coefficient (Wildman–Crippen LogP) is 4.79. The van der Waals surface area contributed by atoms with Crippen LogP contribution in [0, 0.1) is 0 Å². The summed E-state index contributed by atoms with van der Waals surface area (Å²) in [7, 11) is 0. The van der Waals surface area contributed by atoms with Crippen molar-refractivity contribution in [3.8, 4) is 0 Å². The van der Waals surface area contributed by atoms with Gasteiger partial charge in [-0.3, -0.25) is 4.79 Å². The summed E-state index contributed by atoms with van der Waals surface area (Å²) in [5.74, 6) is -0.367. The molecule has 1 aromatic heterocycles. The number of nitrogens with zero attached hydrogens (tertiary/aromatic N) is 2. The van der Waals surface area contributed by atoms with Crippen molar-refractivity contribution in [3.63, 3.8) is 0 Å². The molecule has 0 radical (unpaired) electrons. The van der Waals surface area contributed by atoms with Gasteiger partial charge in [0, 0.05) is 6.07 Å². The standard InChI is InChI=1S/C19H15ClF3N5OS/c20-12-7-6-11(19(21,22)23)8-13(12)26-17(29)16(10-4-2-1-3-5-10)30-18-27-14(24)9-15(25)28-18/h1-9,16H,(H,26,29)(H4,24,25,27,28)/t16-/m1/s1. The number of benzene rings is 2. The molecule has 5 N–H and O–H groups in total. The van der Waals surface area contributed by atoms with Crippen molar-refractivity contribution >= 4 is 46.6 Å². The molecule has 0 unspecified atom stereocenters. The molecule has 1 amide bonds. The zero-order valence-electron chi connectivity index (χ0n) is 15.2. The third-order valence-electron chi connectivity index (χ3n) is 3.86. The normalized spacial score (nSPS) is 12.4. The number of nitrogens with two attached hydrogens (primary N) is 2. The molecule has 30 heavy (non-hydrogen) atoms. The van der Waals surface area contributed by atoms with Crippen LogP contribution in [0.4, 0.5) is 30.5 Å². The van der Waals surface area contributed by atoms with Crippen LogP contribution in [0.25, 0.3) is 0 Å². The van der Waals surface area contributed by atoms with Crippen LogP contribution in [-0.4, -0.2) is 15.9 Å². The van der Waals surface area contributed by atoms with Crippen LogP contribution in [0.3, 0.4) is 0 Å². The number of hydrogen-bond donors (Lipinski definition) is 3. The minimum Gasteiger partial charge on any atom is -0.383 e. The molecular formula is C19H15ClF3N5OS. The number of halogens is 4. The number of hydrogen-bond acceptors (Lipinski definition) is 6. The molecule has 0 spiro atoms. The Labute approximate surface area is 178 Å². The van der Waals surface area contributed by atoms with Crippen molar-refractivity contribution in [2.24, 2.45) is 0 Å². The molecule has 3 aromatic rings. The highest BCUT2D eigenvalue weighted by atomic mass is 35.5. The summed E-state index contributed by atoms with van der Waals surface area (Å²) in [6.07, 6.45) is -4.58. The Kier molecular flexibility index (Phi) is 6.37. The first-order chi connectivity index (χ1) is 14.1. The van der Waals surface area contributed by atoms with Gasteiger partial charge in [0.25, 0.3) is 0 Å². The molecular weight excluding hydrogens is 439 g/mol. The molecule has 1 atom stereocenters. The second kappa shape index (κ2) is 8.80. The van der Waals surface area contributed by atoms with Gasteiger partial charge in [0.15, 0.2) is 5.16 Å². The fourth-order valence-corrected chi connectivity index (χ4v) is 3.67. The molecule has 2 aromatic carbocycles. The zero-order chi connectivity index (χ0) is 21.9. The summed E-state index contributed by atoms with van der Waals surface area (Å²) in [5.41, 5.74) is 10.8. The molecule has 3 rings (SSSR count). The summed E-state index contributed by atoms with van der Waals surface area (Å²) in [4.78, 5) is 21.1. The average molecular weight is 454 g/mol. The summed E-state index contributed by atoms with van der Waals surface area (Å²) in [5, 5.41) is 1.67. The average Bonchev–Trinajstić information content (AvgIpc) is 2.67. The van der Waals surface area contributed by atoms with Gasteiger partial charge in [0.2, 0.25) is 5.91 Å². The molecule has 6 nitrogen and oxygen atoms in total. The maximum absolute atomic E-state index is 13.0. The monoisotopic (exact) mass is 453 g/mol. The van der Waals surface area contributed by atoms with E-state index in [9.17, 15) is 18.0 Å². The van der Waals surface area contributed by atoms with E-state index in [1.54, 1.807) is 30.3 Å². The van der Waals surface area contributed by atoms with Crippen LogP contribution >= 0.6 is 23.4 Å². The summed E-state index contributed by atoms with van der Waals surface area (Å²) < 4.78 is 39.1. The quantitative estimate of drug-likeness (QED) is 0.379. The Balaban J connectivity index is 1.93. The van der Waals surface area contributed by atoms with E-state index in [-0.39, 0.29) is 27.5 Å². The minimum absolute atomic E-state index is 0.0300. The van der Waals surface area contributed by atoms with E-state index < -0.39 is 22.9 Å². The van der Waals surface area contributed by atoms with Gasteiger partial charge in [-0.1, -0.05) is 53.7 Å². The van der Waals surface area contributed by atoms with Crippen LogP contribution in [0.1, 0.15) is 16.4 Å². The lowest BCUT2D eigenvalue weighted by atomic mass is 10.1. The number of nitrogens with one attached hydrogen (secondary N) is 1. The van der Waals surface area contributed by atoms with Crippen LogP contribution < -0.4 is 16.8 Å². The molecule has 0 fully saturated rings. The molecule has 0 saturated carbocycles. The topological polar surface area (TPSA) is 107 Å². The number of carbonyl (C=O) groups is 1. The molecule has 11 heteroatoms. The molecule has 1 heterocycles. The SMILES string of the molecule is Nc1cc(N)nc(S[C@@H](C(=O)Nc2cc(C(F)(F)F)ccc2Cl)c2ccccc2)n1. The molecule has 0 saturated heterocycles. The Morgan fingerprint density at radius 2 is 1.67 bits per heavy atom. The van der Waals surface area contributed by atoms with E-state index >= 15 is 0 Å². The highest BCUT2D eigenvalue weighted by Gasteiger charge is 2.32. The highest BCUT2D eigenvalue weighted by Crippen LogP contribution is 2.37. The van der Waals surface area contributed by atoms with E-state index in [1.807, 2.05) is 0 Å². The first-order valence-electron chi connectivity index (χ1n) is 8.43. The van der Waals surface area contributed by atoms with Crippen molar-refractivity contribution in [2.45, 2.75) is 16.6 Å². The largest absolute Gasteiger partial charge is 0.416 e. The first-order valence-corrected chi connectivity index (χ1v) is 9.68. The fraction of sp³-hybridized carbons (Fsp3) is 0.105. The van der Waals surface area contributed by atoms with Crippen molar-refractivity contribution in [3.05, 3.63) is 70.7 Å². The Morgan fingerprint density at radius 1 is 1.03 bits per heavy atom. The summed E-state index contributed by atoms with van der Waals surface area (Å²) in [6, 6.07) is 12.7. The number of anilines is 3. The highest BCUT2D eigenvalue weighted by molar-refractivity contribution is 8.00. The van der Waals surface area contributed by atoms with Gasteiger partial charge in [-0.15, -0.1) is 0 Å². The van der Waals surface area contributed by atoms with Gasteiger partial charge in [-0.2, -0.15) is 13.2 Å². The van der Waals surface area contributed by atoms with Crippen molar-refractivity contribution < 1.29 is 18.0 Å². The van der Waals surface area contributed by atoms with E-state index in [4.69, 9.17) is 23.1 Å². The number of aromatic nitrogens is 2. The van der Waals surface area contributed by atoms with Crippen molar-refractivity contribution in [1.29, 1.82) is 0 Å². The zero-order valence-corrected chi connectivity index (χ0v) is 16.7. The lowest BCUT2D eigenvalue weighted by molar-refractivity contribution is -0.137. The second-order valence-corrected chi connectivity index (χ2v) is 7.57. The fourth-order valence-electron chi connectivity index (χ4n) is 2.52. The number of carbonyl (C=O) groups excluding carboxylic acids is 1. The summed E-state index contributed by atoms with van der Waals surface area (Å²) in [6.45, 7) is 0. The third-order valence-corrected chi connectivity index (χ3v) is 5.31. The number of nitrogen functional groups attached to an aromatic ring is 2. The maximum Gasteiger partial charge on any atom is 0.416 e. The lowest BCUT2D eigenvalue weighted by Crippen LogP contribution is -2.20. The number of alkyl halides is 3. The predicted molar refractivity (Wildman–Crippen MR) is 111 cm³/mol. The van der Waals surface area contributed by atoms with Crippen LogP contribution in [-0.2, 0) is 11.0 Å². The van der Waals surface area contributed by atoms with Crippen LogP contribution in [0.2, 0.25) is 5.02 Å². The van der Waals surface area contributed by atoms with E-state index in [1.165, 1.54) is 6.07 Å². The Hall–Kier alpha value is -2.98. The van der Waals surface area contributed by atoms with Gasteiger partial charge in [0.1, 0.15) is 16.9 Å². The van der Waals surface area contributed by atoms with Gasteiger partial charge in [0.05, 0.1) is 16.3 Å². The second-order valence-electron chi connectivity index (χ2n) is 6.09. The van der Waals surface area contributed by atoms with E-state index in [2.05, 4.69) is 15.3 Å². The van der Waals surface area contributed by atoms with Gasteiger partial charge in [-0.25, -0.2) is 9.97 Å².